The SMILES string of the molecule is N#Cc1cccnc1-c1ccccc1.[Ir]. The zero-order valence-electron chi connectivity index (χ0n) is 7.85. The Kier molecular flexibility index (Phi) is 4.17. The van der Waals surface area contributed by atoms with Gasteiger partial charge < -0.3 is 0 Å². The van der Waals surface area contributed by atoms with E-state index in [0.717, 1.165) is 11.3 Å². The molecule has 0 spiro atoms. The molecule has 0 fully saturated rings. The van der Waals surface area contributed by atoms with Gasteiger partial charge in [0.25, 0.3) is 0 Å². The average molecular weight is 372 g/mol. The quantitative estimate of drug-likeness (QED) is 0.772. The van der Waals surface area contributed by atoms with Crippen LogP contribution in [0.3, 0.4) is 0 Å². The van der Waals surface area contributed by atoms with Crippen LogP contribution >= 0.6 is 0 Å². The van der Waals surface area contributed by atoms with Gasteiger partial charge in [-0.2, -0.15) is 5.26 Å². The Bertz CT molecular complexity index is 474. The van der Waals surface area contributed by atoms with Gasteiger partial charge in [-0.3, -0.25) is 4.98 Å². The first kappa shape index (κ1) is 11.6. The van der Waals surface area contributed by atoms with Crippen LogP contribution in [0.1, 0.15) is 5.56 Å². The molecule has 0 saturated heterocycles. The molecule has 1 radical (unpaired) electrons. The summed E-state index contributed by atoms with van der Waals surface area (Å²) in [6.07, 6.45) is 1.70. The van der Waals surface area contributed by atoms with E-state index in [1.165, 1.54) is 0 Å². The minimum absolute atomic E-state index is 0. The van der Waals surface area contributed by atoms with Crippen LogP contribution in [0.15, 0.2) is 48.7 Å². The fourth-order valence-corrected chi connectivity index (χ4v) is 1.32. The summed E-state index contributed by atoms with van der Waals surface area (Å²) in [6.45, 7) is 0. The largest absolute Gasteiger partial charge is 0.255 e. The van der Waals surface area contributed by atoms with Crippen molar-refractivity contribution >= 4 is 0 Å². The molecule has 0 amide bonds. The van der Waals surface area contributed by atoms with E-state index >= 15 is 0 Å². The van der Waals surface area contributed by atoms with Crippen LogP contribution in [0.5, 0.6) is 0 Å². The van der Waals surface area contributed by atoms with Gasteiger partial charge in [0.1, 0.15) is 6.07 Å². The number of hydrogen-bond donors (Lipinski definition) is 0. The number of nitriles is 1. The minimum Gasteiger partial charge on any atom is -0.255 e. The van der Waals surface area contributed by atoms with E-state index in [-0.39, 0.29) is 20.1 Å². The molecule has 2 rings (SSSR count). The monoisotopic (exact) mass is 373 g/mol. The maximum absolute atomic E-state index is 8.89. The summed E-state index contributed by atoms with van der Waals surface area (Å²) < 4.78 is 0. The first-order chi connectivity index (χ1) is 6.92. The van der Waals surface area contributed by atoms with Crippen molar-refractivity contribution in [3.63, 3.8) is 0 Å². The molecule has 2 aromatic rings. The fraction of sp³-hybridized carbons (Fsp3) is 0. The van der Waals surface area contributed by atoms with Crippen molar-refractivity contribution in [3.8, 4) is 17.3 Å². The number of nitrogens with zero attached hydrogens (tertiary/aromatic N) is 2. The van der Waals surface area contributed by atoms with Crippen LogP contribution in [-0.2, 0) is 20.1 Å². The third-order valence-corrected chi connectivity index (χ3v) is 1.98. The van der Waals surface area contributed by atoms with E-state index < -0.39 is 0 Å². The van der Waals surface area contributed by atoms with E-state index in [9.17, 15) is 0 Å². The van der Waals surface area contributed by atoms with Crippen molar-refractivity contribution in [2.24, 2.45) is 0 Å². The molecule has 15 heavy (non-hydrogen) atoms. The van der Waals surface area contributed by atoms with Crippen molar-refractivity contribution in [3.05, 3.63) is 54.2 Å². The smallest absolute Gasteiger partial charge is 0.101 e. The second kappa shape index (κ2) is 5.41. The topological polar surface area (TPSA) is 36.7 Å². The molecule has 1 aromatic heterocycles. The maximum atomic E-state index is 8.89. The molecular formula is C12H8IrN2. The van der Waals surface area contributed by atoms with Crippen LogP contribution in [-0.4, -0.2) is 4.98 Å². The molecule has 1 aromatic carbocycles. The number of pyridine rings is 1. The molecule has 1 heterocycles. The number of hydrogen-bond acceptors (Lipinski definition) is 2. The number of benzene rings is 1. The summed E-state index contributed by atoms with van der Waals surface area (Å²) in [7, 11) is 0. The van der Waals surface area contributed by atoms with E-state index in [1.807, 2.05) is 30.3 Å². The van der Waals surface area contributed by atoms with Crippen LogP contribution < -0.4 is 0 Å². The molecule has 0 bridgehead atoms. The zero-order valence-corrected chi connectivity index (χ0v) is 10.2. The molecule has 3 heteroatoms. The molecule has 0 aliphatic carbocycles. The molecule has 0 saturated carbocycles. The summed E-state index contributed by atoms with van der Waals surface area (Å²) >= 11 is 0. The van der Waals surface area contributed by atoms with Crippen molar-refractivity contribution < 1.29 is 20.1 Å². The Hall–Kier alpha value is -1.49. The van der Waals surface area contributed by atoms with Crippen molar-refractivity contribution in [2.75, 3.05) is 0 Å². The van der Waals surface area contributed by atoms with Crippen LogP contribution in [0.4, 0.5) is 0 Å². The molecule has 0 aliphatic heterocycles. The van der Waals surface area contributed by atoms with Gasteiger partial charge in [-0.25, -0.2) is 0 Å². The van der Waals surface area contributed by atoms with E-state index in [4.69, 9.17) is 5.26 Å². The Balaban J connectivity index is 0.00000112. The van der Waals surface area contributed by atoms with Crippen molar-refractivity contribution in [2.45, 2.75) is 0 Å². The van der Waals surface area contributed by atoms with Gasteiger partial charge in [-0.05, 0) is 12.1 Å². The second-order valence-corrected chi connectivity index (χ2v) is 2.88. The Morgan fingerprint density at radius 2 is 1.73 bits per heavy atom. The van der Waals surface area contributed by atoms with Gasteiger partial charge >= 0.3 is 0 Å². The van der Waals surface area contributed by atoms with Gasteiger partial charge in [-0.1, -0.05) is 30.3 Å². The Labute approximate surface area is 102 Å². The average Bonchev–Trinajstić information content (AvgIpc) is 2.30. The van der Waals surface area contributed by atoms with Gasteiger partial charge in [0.05, 0.1) is 11.3 Å². The fourth-order valence-electron chi connectivity index (χ4n) is 1.32. The third-order valence-electron chi connectivity index (χ3n) is 1.98. The van der Waals surface area contributed by atoms with Crippen LogP contribution in [0.2, 0.25) is 0 Å². The van der Waals surface area contributed by atoms with E-state index in [2.05, 4.69) is 11.1 Å². The molecule has 0 N–H and O–H groups in total. The van der Waals surface area contributed by atoms with Gasteiger partial charge in [0, 0.05) is 31.9 Å². The van der Waals surface area contributed by atoms with Gasteiger partial charge in [0.15, 0.2) is 0 Å². The molecule has 0 unspecified atom stereocenters. The summed E-state index contributed by atoms with van der Waals surface area (Å²) in [4.78, 5) is 4.20. The number of rotatable bonds is 1. The standard InChI is InChI=1S/C12H8N2.Ir/c13-9-11-7-4-8-14-12(11)10-5-2-1-3-6-10;/h1-8H;. The van der Waals surface area contributed by atoms with Crippen LogP contribution in [0, 0.1) is 11.3 Å². The summed E-state index contributed by atoms with van der Waals surface area (Å²) in [5, 5.41) is 8.89. The van der Waals surface area contributed by atoms with Gasteiger partial charge in [-0.15, -0.1) is 0 Å². The second-order valence-electron chi connectivity index (χ2n) is 2.88. The first-order valence-corrected chi connectivity index (χ1v) is 4.32. The molecule has 0 atom stereocenters. The molecule has 75 valence electrons. The summed E-state index contributed by atoms with van der Waals surface area (Å²) in [5.74, 6) is 0. The first-order valence-electron chi connectivity index (χ1n) is 4.32. The molecule has 0 aliphatic rings. The predicted molar refractivity (Wildman–Crippen MR) is 54.4 cm³/mol. The zero-order chi connectivity index (χ0) is 9.80. The number of aromatic nitrogens is 1. The van der Waals surface area contributed by atoms with Crippen molar-refractivity contribution in [1.82, 2.24) is 4.98 Å². The normalized spacial score (nSPS) is 8.73. The van der Waals surface area contributed by atoms with Crippen molar-refractivity contribution in [1.29, 1.82) is 5.26 Å². The van der Waals surface area contributed by atoms with E-state index in [0.29, 0.717) is 5.56 Å². The third kappa shape index (κ3) is 2.50. The Morgan fingerprint density at radius 3 is 2.40 bits per heavy atom. The molecule has 2 nitrogen and oxygen atoms in total. The minimum atomic E-state index is 0. The summed E-state index contributed by atoms with van der Waals surface area (Å²) in [6, 6.07) is 15.4. The maximum Gasteiger partial charge on any atom is 0.101 e. The van der Waals surface area contributed by atoms with Crippen LogP contribution in [0.25, 0.3) is 11.3 Å². The van der Waals surface area contributed by atoms with E-state index in [1.54, 1.807) is 18.3 Å². The van der Waals surface area contributed by atoms with Gasteiger partial charge in [0.2, 0.25) is 0 Å². The summed E-state index contributed by atoms with van der Waals surface area (Å²) in [5.41, 5.74) is 2.33. The predicted octanol–water partition coefficient (Wildman–Crippen LogP) is 2.62. The Morgan fingerprint density at radius 1 is 1.00 bits per heavy atom. The molecular weight excluding hydrogens is 364 g/mol.